The molecule has 0 amide bonds. The van der Waals surface area contributed by atoms with Crippen molar-refractivity contribution in [2.45, 2.75) is 39.3 Å². The van der Waals surface area contributed by atoms with Crippen LogP contribution in [0.1, 0.15) is 33.4 Å². The molecule has 0 fully saturated rings. The predicted molar refractivity (Wildman–Crippen MR) is 388 cm³/mol. The van der Waals surface area contributed by atoms with E-state index in [0.29, 0.717) is 40.4 Å². The van der Waals surface area contributed by atoms with Crippen LogP contribution in [0.3, 0.4) is 0 Å². The van der Waals surface area contributed by atoms with Gasteiger partial charge in [0.1, 0.15) is 69.0 Å². The molecule has 18 heteroatoms. The van der Waals surface area contributed by atoms with Gasteiger partial charge in [0.25, 0.3) is 0 Å². The Morgan fingerprint density at radius 2 is 0.450 bits per heavy atom. The van der Waals surface area contributed by atoms with Crippen molar-refractivity contribution in [2.24, 2.45) is 0 Å². The van der Waals surface area contributed by atoms with Gasteiger partial charge in [0.2, 0.25) is 0 Å². The van der Waals surface area contributed by atoms with E-state index in [2.05, 4.69) is 90.1 Å². The van der Waals surface area contributed by atoms with Gasteiger partial charge in [-0.3, -0.25) is 0 Å². The van der Waals surface area contributed by atoms with E-state index >= 15 is 0 Å². The molecule has 0 saturated carbocycles. The average Bonchev–Trinajstić information content (AvgIpc) is 0.789. The number of phenolic OH excluding ortho intramolecular Hbond substituents is 6. The Bertz CT molecular complexity index is 4950. The molecule has 0 spiro atoms. The van der Waals surface area contributed by atoms with E-state index in [9.17, 15) is 30.6 Å². The van der Waals surface area contributed by atoms with Crippen molar-refractivity contribution in [3.05, 3.63) is 264 Å². The summed E-state index contributed by atoms with van der Waals surface area (Å²) in [7, 11) is 0. The second kappa shape index (κ2) is 25.4. The minimum atomic E-state index is 0.252. The van der Waals surface area contributed by atoms with Crippen LogP contribution in [0.25, 0.3) is 43.1 Å². The molecule has 13 aromatic rings. The highest BCUT2D eigenvalue weighted by Crippen LogP contribution is 2.46. The first-order chi connectivity index (χ1) is 49.0. The van der Waals surface area contributed by atoms with Gasteiger partial charge in [-0.2, -0.15) is 0 Å². The summed E-state index contributed by atoms with van der Waals surface area (Å²) in [6.45, 7) is 7.11. The van der Waals surface area contributed by atoms with Gasteiger partial charge in [-0.25, -0.2) is 0 Å². The fourth-order valence-electron chi connectivity index (χ4n) is 14.3. The number of aromatic hydroxyl groups is 6. The molecule has 0 radical (unpaired) electrons. The molecule has 0 unspecified atom stereocenters. The SMILES string of the molecule is Oc1ccc(N2COc3c(ccc4c5c(ccc34)CN(c3ccc(O)cc3)CO5)C2)cc1.Oc1ccc(N2COc3ccc4c5c(ccc4c3C2)OCN(c2ccc(O)cc2)C5)cc1.Oc1cccc2c3c(ccc12)CN(c1ccc(N2COc4c(ccc5c(O)cccc45)C2)cc1)CO3. The van der Waals surface area contributed by atoms with Crippen molar-refractivity contribution in [3.8, 4) is 69.0 Å². The molecule has 498 valence electrons. The summed E-state index contributed by atoms with van der Waals surface area (Å²) in [6, 6.07) is 73.0. The van der Waals surface area contributed by atoms with E-state index in [1.54, 1.807) is 60.7 Å². The lowest BCUT2D eigenvalue weighted by molar-refractivity contribution is 0.288. The van der Waals surface area contributed by atoms with Gasteiger partial charge in [-0.05, 0) is 156 Å². The summed E-state index contributed by atoms with van der Waals surface area (Å²) in [6.07, 6.45) is 0. The maximum absolute atomic E-state index is 10.2. The number of anilines is 6. The number of rotatable bonds is 6. The molecule has 6 aliphatic rings. The van der Waals surface area contributed by atoms with Crippen LogP contribution in [0.2, 0.25) is 0 Å². The Hall–Kier alpha value is -12.7. The van der Waals surface area contributed by atoms with Gasteiger partial charge in [-0.15, -0.1) is 0 Å². The largest absolute Gasteiger partial charge is 0.508 e. The zero-order chi connectivity index (χ0) is 67.5. The van der Waals surface area contributed by atoms with E-state index in [-0.39, 0.29) is 34.5 Å². The molecule has 19 rings (SSSR count). The quantitative estimate of drug-likeness (QED) is 0.0919. The number of hydrogen-bond acceptors (Lipinski definition) is 18. The highest BCUT2D eigenvalue weighted by Gasteiger charge is 2.29. The van der Waals surface area contributed by atoms with Gasteiger partial charge < -0.3 is 88.5 Å². The fourth-order valence-corrected chi connectivity index (χ4v) is 14.3. The summed E-state index contributed by atoms with van der Waals surface area (Å²) in [5, 5.41) is 66.5. The van der Waals surface area contributed by atoms with E-state index in [4.69, 9.17) is 28.4 Å². The summed E-state index contributed by atoms with van der Waals surface area (Å²) in [4.78, 5) is 13.0. The van der Waals surface area contributed by atoms with E-state index in [1.807, 2.05) is 109 Å². The van der Waals surface area contributed by atoms with Gasteiger partial charge in [0, 0.05) is 126 Å². The Morgan fingerprint density at radius 1 is 0.210 bits per heavy atom. The standard InChI is InChI=1S/C30H24N2O4.2C26H22N2O4/c33-27-5-1-3-25-23(27)13-7-19-15-31(17-35-29(19)25)21-9-11-22(12-10-21)32-16-20-8-14-24-26(30(20)36-18-32)4-2-6-28(24)34;29-21-7-3-19(4-8-21)27-13-17-1-11-23-24(25(17)31-15-27)12-2-18-14-28(16-32-26(18)23)20-5-9-22(30)10-6-20;29-19-5-1-17(2-6-19)27-13-23-21-9-12-26-24(22(21)10-11-25(23)31-15-27)14-28(16-32-26)18-3-7-20(30)8-4-18/h1-14,33-34H,15-18H2;2*1-12,29-30H,13-16H2. The van der Waals surface area contributed by atoms with Crippen LogP contribution < -0.4 is 57.8 Å². The molecule has 13 aromatic carbocycles. The van der Waals surface area contributed by atoms with Crippen LogP contribution in [0.15, 0.2) is 231 Å². The smallest absolute Gasteiger partial charge is 0.161 e. The normalized spacial score (nSPS) is 14.9. The van der Waals surface area contributed by atoms with Crippen LogP contribution in [0, 0.1) is 0 Å². The minimum absolute atomic E-state index is 0.252. The summed E-state index contributed by atoms with van der Waals surface area (Å²) < 4.78 is 36.9. The lowest BCUT2D eigenvalue weighted by atomic mass is 9.96. The molecule has 6 heterocycles. The molecule has 0 bridgehead atoms. The second-order valence-corrected chi connectivity index (χ2v) is 25.6. The molecular formula is C82H68N6O12. The lowest BCUT2D eigenvalue weighted by Gasteiger charge is -2.34. The highest BCUT2D eigenvalue weighted by molar-refractivity contribution is 5.98. The number of benzene rings is 13. The monoisotopic (exact) mass is 1330 g/mol. The second-order valence-electron chi connectivity index (χ2n) is 25.6. The van der Waals surface area contributed by atoms with E-state index in [0.717, 1.165) is 184 Å². The number of fused-ring (bicyclic) bond motifs is 16. The van der Waals surface area contributed by atoms with Crippen molar-refractivity contribution >= 4 is 77.2 Å². The lowest BCUT2D eigenvalue weighted by Crippen LogP contribution is -2.33. The number of hydrogen-bond donors (Lipinski definition) is 6. The van der Waals surface area contributed by atoms with Crippen LogP contribution in [-0.2, 0) is 39.3 Å². The van der Waals surface area contributed by atoms with E-state index < -0.39 is 0 Å². The topological polar surface area (TPSA) is 196 Å². The third kappa shape index (κ3) is 11.5. The molecule has 18 nitrogen and oxygen atoms in total. The van der Waals surface area contributed by atoms with Crippen molar-refractivity contribution in [1.82, 2.24) is 0 Å². The van der Waals surface area contributed by atoms with Crippen molar-refractivity contribution < 1.29 is 59.1 Å². The summed E-state index contributed by atoms with van der Waals surface area (Å²) in [5.74, 6) is 6.87. The van der Waals surface area contributed by atoms with Crippen molar-refractivity contribution in [2.75, 3.05) is 69.8 Å². The van der Waals surface area contributed by atoms with Crippen LogP contribution in [0.4, 0.5) is 34.1 Å². The van der Waals surface area contributed by atoms with Crippen molar-refractivity contribution in [1.29, 1.82) is 0 Å². The Kier molecular flexibility index (Phi) is 15.5. The maximum atomic E-state index is 10.2. The molecule has 0 saturated heterocycles. The fraction of sp³-hybridized carbons (Fsp3) is 0.146. The molecule has 100 heavy (non-hydrogen) atoms. The third-order valence-electron chi connectivity index (χ3n) is 19.5. The molecule has 0 aliphatic carbocycles. The van der Waals surface area contributed by atoms with Crippen LogP contribution in [0.5, 0.6) is 69.0 Å². The first-order valence-corrected chi connectivity index (χ1v) is 33.1. The van der Waals surface area contributed by atoms with Gasteiger partial charge in [0.05, 0.1) is 13.1 Å². The number of nitrogens with zero attached hydrogens (tertiary/aromatic N) is 6. The first-order valence-electron chi connectivity index (χ1n) is 33.1. The average molecular weight is 1330 g/mol. The molecule has 0 aromatic heterocycles. The summed E-state index contributed by atoms with van der Waals surface area (Å²) in [5.41, 5.74) is 12.9. The molecule has 6 N–H and O–H groups in total. The van der Waals surface area contributed by atoms with Crippen LogP contribution >= 0.6 is 0 Å². The zero-order valence-corrected chi connectivity index (χ0v) is 54.2. The Balaban J connectivity index is 0.000000112. The Morgan fingerprint density at radius 3 is 0.750 bits per heavy atom. The highest BCUT2D eigenvalue weighted by atomic mass is 16.5. The van der Waals surface area contributed by atoms with Crippen molar-refractivity contribution in [3.63, 3.8) is 0 Å². The molecular weight excluding hydrogens is 1260 g/mol. The molecule has 0 atom stereocenters. The van der Waals surface area contributed by atoms with Gasteiger partial charge in [0.15, 0.2) is 40.4 Å². The predicted octanol–water partition coefficient (Wildman–Crippen LogP) is 16.0. The molecule has 6 aliphatic heterocycles. The third-order valence-corrected chi connectivity index (χ3v) is 19.5. The summed E-state index contributed by atoms with van der Waals surface area (Å²) >= 11 is 0. The zero-order valence-electron chi connectivity index (χ0n) is 54.2. The number of phenols is 6. The van der Waals surface area contributed by atoms with Crippen LogP contribution in [-0.4, -0.2) is 71.0 Å². The van der Waals surface area contributed by atoms with Gasteiger partial charge in [-0.1, -0.05) is 84.9 Å². The first kappa shape index (κ1) is 60.9. The van der Waals surface area contributed by atoms with E-state index in [1.165, 1.54) is 0 Å². The maximum Gasteiger partial charge on any atom is 0.161 e. The minimum Gasteiger partial charge on any atom is -0.508 e. The Labute approximate surface area is 575 Å². The number of ether oxygens (including phenoxy) is 6. The van der Waals surface area contributed by atoms with Gasteiger partial charge >= 0.3 is 0 Å².